The van der Waals surface area contributed by atoms with Crippen LogP contribution in [0.4, 0.5) is 0 Å². The van der Waals surface area contributed by atoms with E-state index >= 15 is 0 Å². The van der Waals surface area contributed by atoms with Crippen LogP contribution in [-0.4, -0.2) is 26.4 Å². The number of aromatic amines is 1. The van der Waals surface area contributed by atoms with Gasteiger partial charge in [0.05, 0.1) is 27.9 Å². The van der Waals surface area contributed by atoms with Crippen molar-refractivity contribution in [2.24, 2.45) is 0 Å². The molecule has 3 aromatic heterocycles. The molecule has 31 heavy (non-hydrogen) atoms. The van der Waals surface area contributed by atoms with Gasteiger partial charge in [0.2, 0.25) is 0 Å². The quantitative estimate of drug-likeness (QED) is 0.505. The largest absolute Gasteiger partial charge is 0.462 e. The van der Waals surface area contributed by atoms with Crippen molar-refractivity contribution in [1.29, 1.82) is 0 Å². The third kappa shape index (κ3) is 3.76. The number of benzene rings is 1. The lowest BCUT2D eigenvalue weighted by atomic mass is 10.1. The number of hydrogen-bond donors (Lipinski definition) is 1. The van der Waals surface area contributed by atoms with Gasteiger partial charge in [-0.25, -0.2) is 4.98 Å². The number of rotatable bonds is 3. The highest BCUT2D eigenvalue weighted by atomic mass is 35.5. The number of pyridine rings is 1. The lowest BCUT2D eigenvalue weighted by molar-refractivity contribution is 0.239. The average Bonchev–Trinajstić information content (AvgIpc) is 2.77. The first-order valence-corrected chi connectivity index (χ1v) is 10.4. The van der Waals surface area contributed by atoms with Crippen LogP contribution in [-0.2, 0) is 19.5 Å². The van der Waals surface area contributed by atoms with Crippen molar-refractivity contribution >= 4 is 34.2 Å². The van der Waals surface area contributed by atoms with Gasteiger partial charge in [0, 0.05) is 54.6 Å². The molecule has 0 amide bonds. The smallest absolute Gasteiger partial charge is 0.255 e. The maximum absolute atomic E-state index is 12.9. The fraction of sp³-hybridized carbons (Fsp3) is 0.182. The molecule has 0 saturated heterocycles. The Labute approximate surface area is 186 Å². The Kier molecular flexibility index (Phi) is 5.09. The minimum absolute atomic E-state index is 0.175. The molecule has 0 aliphatic carbocycles. The maximum atomic E-state index is 12.9. The summed E-state index contributed by atoms with van der Waals surface area (Å²) in [7, 11) is 0. The predicted octanol–water partition coefficient (Wildman–Crippen LogP) is 3.80. The standard InChI is InChI=1S/C22H16Cl2N4O3/c23-14-7-15-19(29)13(11-31-20(15)17(24)8-14)9-28-6-3-18-16(10-28)22(30)27-21(26-18)12-1-4-25-5-2-12/h1-2,4-5,7-8,11H,3,6,9-10H2,(H,26,27,30). The molecule has 9 heteroatoms. The molecule has 1 aliphatic heterocycles. The molecular weight excluding hydrogens is 439 g/mol. The van der Waals surface area contributed by atoms with E-state index in [0.29, 0.717) is 64.0 Å². The number of hydrogen-bond acceptors (Lipinski definition) is 6. The molecule has 0 spiro atoms. The van der Waals surface area contributed by atoms with E-state index in [1.807, 2.05) is 4.90 Å². The van der Waals surface area contributed by atoms with E-state index in [1.54, 1.807) is 30.6 Å². The molecule has 0 radical (unpaired) electrons. The summed E-state index contributed by atoms with van der Waals surface area (Å²) in [5.41, 5.74) is 2.63. The summed E-state index contributed by atoms with van der Waals surface area (Å²) in [5, 5.41) is 1.01. The Bertz CT molecular complexity index is 1420. The van der Waals surface area contributed by atoms with E-state index in [-0.39, 0.29) is 11.0 Å². The van der Waals surface area contributed by atoms with Crippen molar-refractivity contribution < 1.29 is 4.42 Å². The van der Waals surface area contributed by atoms with Gasteiger partial charge in [0.25, 0.3) is 5.56 Å². The van der Waals surface area contributed by atoms with Crippen LogP contribution < -0.4 is 11.0 Å². The lowest BCUT2D eigenvalue weighted by Gasteiger charge is -2.27. The number of aromatic nitrogens is 3. The van der Waals surface area contributed by atoms with Crippen LogP contribution in [0.2, 0.25) is 10.0 Å². The zero-order chi connectivity index (χ0) is 21.5. The van der Waals surface area contributed by atoms with Crippen molar-refractivity contribution in [1.82, 2.24) is 19.9 Å². The van der Waals surface area contributed by atoms with Crippen LogP contribution >= 0.6 is 23.2 Å². The molecule has 0 atom stereocenters. The third-order valence-corrected chi connectivity index (χ3v) is 5.86. The summed E-state index contributed by atoms with van der Waals surface area (Å²) >= 11 is 12.2. The summed E-state index contributed by atoms with van der Waals surface area (Å²) in [6.45, 7) is 1.39. The summed E-state index contributed by atoms with van der Waals surface area (Å²) in [4.78, 5) is 39.2. The maximum Gasteiger partial charge on any atom is 0.255 e. The molecule has 1 aromatic carbocycles. The summed E-state index contributed by atoms with van der Waals surface area (Å²) in [6.07, 6.45) is 5.35. The van der Waals surface area contributed by atoms with E-state index in [2.05, 4.69) is 15.0 Å². The van der Waals surface area contributed by atoms with Gasteiger partial charge in [-0.05, 0) is 24.3 Å². The molecule has 1 N–H and O–H groups in total. The molecule has 1 aliphatic rings. The number of halogens is 2. The topological polar surface area (TPSA) is 92.1 Å². The Morgan fingerprint density at radius 3 is 2.77 bits per heavy atom. The SMILES string of the molecule is O=c1[nH]c(-c2ccncc2)nc2c1CN(Cc1coc3c(Cl)cc(Cl)cc3c1=O)CC2. The molecule has 5 rings (SSSR count). The van der Waals surface area contributed by atoms with E-state index in [0.717, 1.165) is 11.3 Å². The first-order chi connectivity index (χ1) is 15.0. The monoisotopic (exact) mass is 454 g/mol. The van der Waals surface area contributed by atoms with Gasteiger partial charge in [-0.3, -0.25) is 19.5 Å². The van der Waals surface area contributed by atoms with E-state index in [4.69, 9.17) is 27.6 Å². The molecule has 4 heterocycles. The molecule has 0 unspecified atom stereocenters. The van der Waals surface area contributed by atoms with Crippen molar-refractivity contribution in [2.75, 3.05) is 6.54 Å². The molecule has 0 saturated carbocycles. The minimum Gasteiger partial charge on any atom is -0.462 e. The van der Waals surface area contributed by atoms with Crippen molar-refractivity contribution in [2.45, 2.75) is 19.5 Å². The molecule has 156 valence electrons. The number of fused-ring (bicyclic) bond motifs is 2. The van der Waals surface area contributed by atoms with Gasteiger partial charge in [-0.1, -0.05) is 23.2 Å². The average molecular weight is 455 g/mol. The van der Waals surface area contributed by atoms with E-state index in [1.165, 1.54) is 12.3 Å². The van der Waals surface area contributed by atoms with Gasteiger partial charge < -0.3 is 9.40 Å². The number of nitrogens with zero attached hydrogens (tertiary/aromatic N) is 3. The first-order valence-electron chi connectivity index (χ1n) is 9.64. The zero-order valence-corrected chi connectivity index (χ0v) is 17.7. The summed E-state index contributed by atoms with van der Waals surface area (Å²) < 4.78 is 5.61. The van der Waals surface area contributed by atoms with Crippen LogP contribution in [0.15, 0.2) is 56.9 Å². The van der Waals surface area contributed by atoms with Crippen molar-refractivity contribution in [3.05, 3.63) is 90.4 Å². The second-order valence-corrected chi connectivity index (χ2v) is 8.23. The van der Waals surface area contributed by atoms with Crippen molar-refractivity contribution in [3.63, 3.8) is 0 Å². The van der Waals surface area contributed by atoms with Crippen molar-refractivity contribution in [3.8, 4) is 11.4 Å². The van der Waals surface area contributed by atoms with Crippen LogP contribution in [0.3, 0.4) is 0 Å². The Morgan fingerprint density at radius 2 is 1.97 bits per heavy atom. The van der Waals surface area contributed by atoms with E-state index in [9.17, 15) is 9.59 Å². The normalized spacial score (nSPS) is 14.0. The van der Waals surface area contributed by atoms with Gasteiger partial charge >= 0.3 is 0 Å². The summed E-state index contributed by atoms with van der Waals surface area (Å²) in [6, 6.07) is 6.70. The second kappa shape index (κ2) is 7.92. The molecule has 4 aromatic rings. The van der Waals surface area contributed by atoms with Crippen LogP contribution in [0.25, 0.3) is 22.4 Å². The first kappa shape index (κ1) is 19.9. The minimum atomic E-state index is -0.184. The molecule has 7 nitrogen and oxygen atoms in total. The molecule has 0 bridgehead atoms. The highest BCUT2D eigenvalue weighted by Gasteiger charge is 2.23. The second-order valence-electron chi connectivity index (χ2n) is 7.39. The highest BCUT2D eigenvalue weighted by molar-refractivity contribution is 6.38. The van der Waals surface area contributed by atoms with Gasteiger partial charge in [0.15, 0.2) is 11.0 Å². The molecular formula is C22H16Cl2N4O3. The fourth-order valence-corrected chi connectivity index (χ4v) is 4.36. The number of H-pyrrole nitrogens is 1. The summed E-state index contributed by atoms with van der Waals surface area (Å²) in [5.74, 6) is 0.531. The van der Waals surface area contributed by atoms with Gasteiger partial charge in [-0.15, -0.1) is 0 Å². The fourth-order valence-electron chi connectivity index (χ4n) is 3.82. The Balaban J connectivity index is 1.44. The number of nitrogens with one attached hydrogen (secondary N) is 1. The van der Waals surface area contributed by atoms with Crippen LogP contribution in [0.5, 0.6) is 0 Å². The zero-order valence-electron chi connectivity index (χ0n) is 16.2. The van der Waals surface area contributed by atoms with Crippen LogP contribution in [0.1, 0.15) is 16.8 Å². The predicted molar refractivity (Wildman–Crippen MR) is 118 cm³/mol. The highest BCUT2D eigenvalue weighted by Crippen LogP contribution is 2.27. The van der Waals surface area contributed by atoms with E-state index < -0.39 is 0 Å². The van der Waals surface area contributed by atoms with Gasteiger partial charge in [0.1, 0.15) is 5.82 Å². The molecule has 0 fully saturated rings. The lowest BCUT2D eigenvalue weighted by Crippen LogP contribution is -2.36. The Morgan fingerprint density at radius 1 is 1.16 bits per heavy atom. The Hall–Kier alpha value is -3.00. The van der Waals surface area contributed by atoms with Crippen LogP contribution in [0, 0.1) is 0 Å². The van der Waals surface area contributed by atoms with Gasteiger partial charge in [-0.2, -0.15) is 0 Å². The third-order valence-electron chi connectivity index (χ3n) is 5.36.